The van der Waals surface area contributed by atoms with Crippen molar-refractivity contribution in [1.82, 2.24) is 0 Å². The number of rotatable bonds is 7. The lowest BCUT2D eigenvalue weighted by atomic mass is 10.1. The summed E-state index contributed by atoms with van der Waals surface area (Å²) in [6, 6.07) is 8.49. The van der Waals surface area contributed by atoms with Crippen molar-refractivity contribution >= 4 is 10.0 Å². The van der Waals surface area contributed by atoms with Crippen LogP contribution in [0.15, 0.2) is 24.3 Å². The molecule has 1 aromatic rings. The van der Waals surface area contributed by atoms with Gasteiger partial charge in [0.1, 0.15) is 6.54 Å². The first-order chi connectivity index (χ1) is 8.01. The van der Waals surface area contributed by atoms with E-state index in [-0.39, 0.29) is 0 Å². The van der Waals surface area contributed by atoms with Crippen molar-refractivity contribution in [2.24, 2.45) is 0 Å². The lowest BCUT2D eigenvalue weighted by Gasteiger charge is -2.14. The highest BCUT2D eigenvalue weighted by Crippen LogP contribution is 2.03. The Morgan fingerprint density at radius 2 is 1.76 bits per heavy atom. The van der Waals surface area contributed by atoms with E-state index in [0.717, 1.165) is 19.2 Å². The molecule has 1 aromatic carbocycles. The van der Waals surface area contributed by atoms with Crippen molar-refractivity contribution in [3.05, 3.63) is 40.1 Å². The van der Waals surface area contributed by atoms with Crippen molar-refractivity contribution in [2.75, 3.05) is 19.3 Å². The highest BCUT2D eigenvalue weighted by atomic mass is 32.2. The predicted octanol–water partition coefficient (Wildman–Crippen LogP) is 0.646. The minimum atomic E-state index is -3.17. The summed E-state index contributed by atoms with van der Waals surface area (Å²) < 4.78 is 25.1. The van der Waals surface area contributed by atoms with Crippen LogP contribution in [0.4, 0.5) is 0 Å². The molecule has 0 spiro atoms. The number of hydrogen-bond donors (Lipinski definition) is 1. The molecule has 0 aromatic heterocycles. The van der Waals surface area contributed by atoms with Crippen molar-refractivity contribution in [1.29, 1.82) is 0 Å². The topological polar surface area (TPSA) is 64.8 Å². The van der Waals surface area contributed by atoms with Gasteiger partial charge in [0, 0.05) is 11.8 Å². The summed E-state index contributed by atoms with van der Waals surface area (Å²) in [5.74, 6) is 0. The molecule has 0 saturated heterocycles. The molecule has 0 aliphatic carbocycles. The molecule has 96 valence electrons. The Morgan fingerprint density at radius 3 is 2.29 bits per heavy atom. The molecular weight excluding hydrogens is 236 g/mol. The molecule has 0 radical (unpaired) electrons. The second-order valence-corrected chi connectivity index (χ2v) is 5.76. The summed E-state index contributed by atoms with van der Waals surface area (Å²) in [5.41, 5.74) is 2.59. The van der Waals surface area contributed by atoms with Crippen LogP contribution in [0.3, 0.4) is 0 Å². The number of benzene rings is 1. The van der Waals surface area contributed by atoms with Crippen LogP contribution in [0, 0.1) is 0 Å². The zero-order chi connectivity index (χ0) is 12.7. The molecule has 0 atom stereocenters. The first-order valence-electron chi connectivity index (χ1n) is 5.79. The highest BCUT2D eigenvalue weighted by molar-refractivity contribution is 7.93. The number of sulfonamides is 1. The van der Waals surface area contributed by atoms with Gasteiger partial charge in [-0.3, -0.25) is 0 Å². The quantitative estimate of drug-likeness (QED) is 0.728. The van der Waals surface area contributed by atoms with Crippen LogP contribution in [-0.2, 0) is 23.0 Å². The maximum absolute atomic E-state index is 10.8. The van der Waals surface area contributed by atoms with Crippen LogP contribution in [-0.4, -0.2) is 27.8 Å². The molecule has 0 unspecified atom stereocenters. The van der Waals surface area contributed by atoms with Gasteiger partial charge in [-0.25, -0.2) is 8.42 Å². The third kappa shape index (κ3) is 6.41. The third-order valence-corrected chi connectivity index (χ3v) is 3.12. The van der Waals surface area contributed by atoms with Gasteiger partial charge in [0.2, 0.25) is 0 Å². The fourth-order valence-electron chi connectivity index (χ4n) is 1.49. The maximum atomic E-state index is 10.8. The van der Waals surface area contributed by atoms with E-state index in [9.17, 15) is 8.42 Å². The zero-order valence-electron chi connectivity index (χ0n) is 10.4. The lowest BCUT2D eigenvalue weighted by Crippen LogP contribution is -2.83. The van der Waals surface area contributed by atoms with Crippen LogP contribution < -0.4 is 5.32 Å². The van der Waals surface area contributed by atoms with E-state index in [0.29, 0.717) is 13.1 Å². The van der Waals surface area contributed by atoms with Crippen molar-refractivity contribution in [3.8, 4) is 0 Å². The fraction of sp³-hybridized carbons (Fsp3) is 0.500. The van der Waals surface area contributed by atoms with Crippen LogP contribution in [0.25, 0.3) is 4.72 Å². The minimum absolute atomic E-state index is 0.353. The smallest absolute Gasteiger partial charge is 0.101 e. The summed E-state index contributed by atoms with van der Waals surface area (Å²) in [4.78, 5) is 0. The molecule has 0 aliphatic rings. The molecule has 0 aliphatic heterocycles. The predicted molar refractivity (Wildman–Crippen MR) is 69.4 cm³/mol. The van der Waals surface area contributed by atoms with Gasteiger partial charge >= 0.3 is 0 Å². The first kappa shape index (κ1) is 14.2. The average Bonchev–Trinajstić information content (AvgIpc) is 2.28. The molecular formula is C12H20N2O2S. The maximum Gasteiger partial charge on any atom is 0.101 e. The summed E-state index contributed by atoms with van der Waals surface area (Å²) in [7, 11) is -3.17. The number of hydrogen-bond acceptors (Lipinski definition) is 2. The van der Waals surface area contributed by atoms with Gasteiger partial charge in [0.05, 0.1) is 16.6 Å². The first-order valence-corrected chi connectivity index (χ1v) is 7.64. The zero-order valence-corrected chi connectivity index (χ0v) is 11.2. The Bertz CT molecular complexity index is 426. The van der Waals surface area contributed by atoms with Crippen molar-refractivity contribution in [3.63, 3.8) is 0 Å². The van der Waals surface area contributed by atoms with E-state index < -0.39 is 10.0 Å². The molecule has 0 amide bonds. The van der Waals surface area contributed by atoms with E-state index in [4.69, 9.17) is 0 Å². The summed E-state index contributed by atoms with van der Waals surface area (Å²) >= 11 is 0. The van der Waals surface area contributed by atoms with Gasteiger partial charge < -0.3 is 10.0 Å². The van der Waals surface area contributed by atoms with Crippen LogP contribution in [0.2, 0.25) is 0 Å². The number of nitrogens with zero attached hydrogens (tertiary/aromatic N) is 1. The van der Waals surface area contributed by atoms with Crippen LogP contribution in [0.5, 0.6) is 0 Å². The van der Waals surface area contributed by atoms with Crippen molar-refractivity contribution in [2.45, 2.75) is 19.9 Å². The van der Waals surface area contributed by atoms with E-state index >= 15 is 0 Å². The monoisotopic (exact) mass is 256 g/mol. The second-order valence-electron chi connectivity index (χ2n) is 4.04. The van der Waals surface area contributed by atoms with E-state index in [1.807, 2.05) is 0 Å². The van der Waals surface area contributed by atoms with Crippen LogP contribution >= 0.6 is 0 Å². The van der Waals surface area contributed by atoms with E-state index in [1.165, 1.54) is 11.1 Å². The molecule has 0 fully saturated rings. The Hall–Kier alpha value is -0.910. The van der Waals surface area contributed by atoms with Crippen LogP contribution in [0.1, 0.15) is 18.1 Å². The summed E-state index contributed by atoms with van der Waals surface area (Å²) in [6.07, 6.45) is 2.17. The Kier molecular flexibility index (Phi) is 5.61. The molecule has 17 heavy (non-hydrogen) atoms. The molecule has 2 N–H and O–H groups in total. The number of nitrogens with two attached hydrogens (primary N) is 1. The van der Waals surface area contributed by atoms with Gasteiger partial charge in [-0.2, -0.15) is 0 Å². The minimum Gasteiger partial charge on any atom is -0.545 e. The summed E-state index contributed by atoms with van der Waals surface area (Å²) in [5, 5.41) is 2.07. The van der Waals surface area contributed by atoms with Gasteiger partial charge in [-0.05, 0) is 12.0 Å². The molecule has 0 saturated carbocycles. The number of quaternary nitrogens is 1. The Morgan fingerprint density at radius 1 is 1.18 bits per heavy atom. The molecule has 0 bridgehead atoms. The second kappa shape index (κ2) is 6.74. The molecule has 4 nitrogen and oxygen atoms in total. The average molecular weight is 256 g/mol. The Labute approximate surface area is 103 Å². The van der Waals surface area contributed by atoms with Gasteiger partial charge in [0.15, 0.2) is 0 Å². The van der Waals surface area contributed by atoms with Gasteiger partial charge in [-0.15, -0.1) is 0 Å². The molecule has 1 rings (SSSR count). The van der Waals surface area contributed by atoms with Gasteiger partial charge in [0.25, 0.3) is 0 Å². The number of aryl methyl sites for hydroxylation is 1. The van der Waals surface area contributed by atoms with Crippen molar-refractivity contribution < 1.29 is 13.7 Å². The third-order valence-electron chi connectivity index (χ3n) is 2.47. The normalized spacial score (nSPS) is 11.6. The highest BCUT2D eigenvalue weighted by Gasteiger charge is 1.95. The SMILES string of the molecule is CCc1ccc(C[NH2+]CC[N-]S(C)(=O)=O)cc1. The van der Waals surface area contributed by atoms with E-state index in [1.54, 1.807) is 0 Å². The lowest BCUT2D eigenvalue weighted by molar-refractivity contribution is -0.667. The Balaban J connectivity index is 2.22. The van der Waals surface area contributed by atoms with E-state index in [2.05, 4.69) is 41.2 Å². The standard InChI is InChI=1S/C12H19N2O2S/c1-3-11-4-6-12(7-5-11)10-13-8-9-14-17(2,15)16/h4-7,13H,3,8-10H2,1-2H3/q-1/p+1. The van der Waals surface area contributed by atoms with Gasteiger partial charge in [-0.1, -0.05) is 37.7 Å². The molecule has 0 heterocycles. The summed E-state index contributed by atoms with van der Waals surface area (Å²) in [6.45, 7) is 4.05. The largest absolute Gasteiger partial charge is 0.545 e. The fourth-order valence-corrected chi connectivity index (χ4v) is 1.93. The molecule has 5 heteroatoms.